The molecule has 0 saturated heterocycles. The van der Waals surface area contributed by atoms with Crippen molar-refractivity contribution in [2.24, 2.45) is 0 Å². The third kappa shape index (κ3) is 48.0. The van der Waals surface area contributed by atoms with Crippen LogP contribution in [-0.2, 0) is 28.6 Å². The maximum Gasteiger partial charge on any atom is 0.306 e. The summed E-state index contributed by atoms with van der Waals surface area (Å²) in [5, 5.41) is 29.0. The minimum Gasteiger partial charge on any atom is -0.462 e. The number of hydrogen-bond donors (Lipinski definition) is 3. The summed E-state index contributed by atoms with van der Waals surface area (Å²) in [6.45, 7) is 5.85. The van der Waals surface area contributed by atoms with Gasteiger partial charge in [0.2, 0.25) is 0 Å². The van der Waals surface area contributed by atoms with Gasteiger partial charge in [0.1, 0.15) is 13.2 Å². The second-order valence-electron chi connectivity index (χ2n) is 18.9. The average molecular weight is 933 g/mol. The summed E-state index contributed by atoms with van der Waals surface area (Å²) in [6, 6.07) is 0. The highest BCUT2D eigenvalue weighted by Crippen LogP contribution is 2.15. The highest BCUT2D eigenvalue weighted by molar-refractivity contribution is 5.71. The van der Waals surface area contributed by atoms with Crippen LogP contribution in [0.1, 0.15) is 271 Å². The lowest BCUT2D eigenvalue weighted by atomic mass is 10.1. The molecule has 0 unspecified atom stereocenters. The fourth-order valence-electron chi connectivity index (χ4n) is 7.84. The quantitative estimate of drug-likeness (QED) is 0.0235. The van der Waals surface area contributed by atoms with Crippen molar-refractivity contribution in [3.8, 4) is 0 Å². The first kappa shape index (κ1) is 63.5. The molecule has 0 heterocycles. The van der Waals surface area contributed by atoms with Crippen LogP contribution in [0.4, 0.5) is 0 Å². The molecule has 0 aliphatic heterocycles. The van der Waals surface area contributed by atoms with Gasteiger partial charge in [-0.25, -0.2) is 0 Å². The van der Waals surface area contributed by atoms with E-state index in [2.05, 4.69) is 36.5 Å². The van der Waals surface area contributed by atoms with E-state index in [1.165, 1.54) is 38.5 Å². The molecule has 0 spiro atoms. The Hall–Kier alpha value is -2.49. The van der Waals surface area contributed by atoms with E-state index in [0.29, 0.717) is 12.8 Å². The Kier molecular flexibility index (Phi) is 48.5. The SMILES string of the molecule is CC[C@@H](O)CCCCC/C=C\CCCCCCCC(=O)OC(COC(=O)CCCCCCC/C=C\CCCCC[C@@H](O)CC)COC(=O)CCCCCCC/C=C\CCCCC[C@@H](O)CC. The zero-order chi connectivity index (χ0) is 48.4. The van der Waals surface area contributed by atoms with Crippen molar-refractivity contribution < 1.29 is 43.9 Å². The Morgan fingerprint density at radius 2 is 0.591 bits per heavy atom. The fourth-order valence-corrected chi connectivity index (χ4v) is 7.84. The van der Waals surface area contributed by atoms with Gasteiger partial charge in [0.05, 0.1) is 18.3 Å². The number of carbonyl (C=O) groups excluding carboxylic acids is 3. The first-order chi connectivity index (χ1) is 32.2. The molecule has 0 aromatic rings. The van der Waals surface area contributed by atoms with Crippen LogP contribution < -0.4 is 0 Å². The molecule has 0 fully saturated rings. The van der Waals surface area contributed by atoms with Gasteiger partial charge in [0, 0.05) is 19.3 Å². The minimum absolute atomic E-state index is 0.113. The fraction of sp³-hybridized carbons (Fsp3) is 0.842. The number of carbonyl (C=O) groups is 3. The van der Waals surface area contributed by atoms with E-state index < -0.39 is 6.10 Å². The Bertz CT molecular complexity index is 1110. The minimum atomic E-state index is -0.816. The number of aliphatic hydroxyl groups excluding tert-OH is 3. The Morgan fingerprint density at radius 1 is 0.348 bits per heavy atom. The zero-order valence-corrected chi connectivity index (χ0v) is 43.1. The molecule has 0 radical (unpaired) electrons. The smallest absolute Gasteiger partial charge is 0.306 e. The number of aliphatic hydroxyl groups is 3. The summed E-state index contributed by atoms with van der Waals surface area (Å²) in [7, 11) is 0. The average Bonchev–Trinajstić information content (AvgIpc) is 3.32. The molecule has 0 bridgehead atoms. The van der Waals surface area contributed by atoms with Gasteiger partial charge in [-0.3, -0.25) is 14.4 Å². The van der Waals surface area contributed by atoms with E-state index in [4.69, 9.17) is 14.2 Å². The lowest BCUT2D eigenvalue weighted by Gasteiger charge is -2.18. The number of esters is 3. The predicted octanol–water partition coefficient (Wildman–Crippen LogP) is 15.0. The standard InChI is InChI=1S/C57H104O9/c1-4-51(58)43-37-31-25-19-13-7-10-16-22-28-34-40-46-55(61)64-49-54(66-57(63)48-42-36-30-24-18-12-9-15-21-27-33-39-45-53(60)6-3)50-65-56(62)47-41-35-29-23-17-11-8-14-20-26-32-38-44-52(59)5-2/h7-9,13-15,51-54,58-60H,4-6,10-12,16-50H2,1-3H3/b13-7-,14-8-,15-9-/t51-,52-,53+/m0/s1. The molecule has 0 aromatic heterocycles. The van der Waals surface area contributed by atoms with E-state index in [1.807, 2.05) is 20.8 Å². The molecule has 66 heavy (non-hydrogen) atoms. The number of rotatable bonds is 50. The summed E-state index contributed by atoms with van der Waals surface area (Å²) in [6.07, 6.45) is 50.7. The largest absolute Gasteiger partial charge is 0.462 e. The molecule has 0 saturated carbocycles. The zero-order valence-electron chi connectivity index (χ0n) is 43.1. The number of ether oxygens (including phenoxy) is 3. The molecule has 9 heteroatoms. The number of hydrogen-bond acceptors (Lipinski definition) is 9. The van der Waals surface area contributed by atoms with E-state index in [-0.39, 0.29) is 55.9 Å². The lowest BCUT2D eigenvalue weighted by molar-refractivity contribution is -0.167. The summed E-state index contributed by atoms with van der Waals surface area (Å²) >= 11 is 0. The van der Waals surface area contributed by atoms with Gasteiger partial charge in [-0.1, -0.05) is 154 Å². The molecule has 3 N–H and O–H groups in total. The van der Waals surface area contributed by atoms with Gasteiger partial charge in [-0.2, -0.15) is 0 Å². The Labute approximate surface area is 405 Å². The first-order valence-electron chi connectivity index (χ1n) is 27.7. The van der Waals surface area contributed by atoms with E-state index in [0.717, 1.165) is 193 Å². The predicted molar refractivity (Wildman–Crippen MR) is 274 cm³/mol. The van der Waals surface area contributed by atoms with Crippen molar-refractivity contribution in [2.75, 3.05) is 13.2 Å². The van der Waals surface area contributed by atoms with Crippen LogP contribution in [0.25, 0.3) is 0 Å². The highest BCUT2D eigenvalue weighted by atomic mass is 16.6. The molecule has 9 nitrogen and oxygen atoms in total. The van der Waals surface area contributed by atoms with Crippen molar-refractivity contribution in [1.82, 2.24) is 0 Å². The van der Waals surface area contributed by atoms with Gasteiger partial charge in [0.15, 0.2) is 6.10 Å². The molecule has 3 atom stereocenters. The van der Waals surface area contributed by atoms with Gasteiger partial charge < -0.3 is 29.5 Å². The molecule has 0 amide bonds. The summed E-state index contributed by atoms with van der Waals surface area (Å²) < 4.78 is 16.8. The maximum absolute atomic E-state index is 12.8. The van der Waals surface area contributed by atoms with Crippen molar-refractivity contribution in [3.63, 3.8) is 0 Å². The van der Waals surface area contributed by atoms with E-state index >= 15 is 0 Å². The summed E-state index contributed by atoms with van der Waals surface area (Å²) in [5.74, 6) is -0.986. The lowest BCUT2D eigenvalue weighted by Crippen LogP contribution is -2.30. The molecular formula is C57H104O9. The molecule has 0 aromatic carbocycles. The monoisotopic (exact) mass is 933 g/mol. The second-order valence-corrected chi connectivity index (χ2v) is 18.9. The van der Waals surface area contributed by atoms with E-state index in [1.54, 1.807) is 0 Å². The van der Waals surface area contributed by atoms with Gasteiger partial charge in [-0.05, 0) is 135 Å². The van der Waals surface area contributed by atoms with Gasteiger partial charge in [-0.15, -0.1) is 0 Å². The van der Waals surface area contributed by atoms with Crippen LogP contribution in [0.5, 0.6) is 0 Å². The van der Waals surface area contributed by atoms with Gasteiger partial charge in [0.25, 0.3) is 0 Å². The number of allylic oxidation sites excluding steroid dienone is 6. The molecule has 386 valence electrons. The Balaban J connectivity index is 4.43. The third-order valence-corrected chi connectivity index (χ3v) is 12.6. The van der Waals surface area contributed by atoms with Crippen LogP contribution in [0, 0.1) is 0 Å². The normalized spacial score (nSPS) is 13.3. The molecule has 0 rings (SSSR count). The molecular weight excluding hydrogens is 829 g/mol. The molecule has 0 aliphatic carbocycles. The third-order valence-electron chi connectivity index (χ3n) is 12.6. The summed E-state index contributed by atoms with van der Waals surface area (Å²) in [5.41, 5.74) is 0. The van der Waals surface area contributed by atoms with Crippen LogP contribution in [0.3, 0.4) is 0 Å². The van der Waals surface area contributed by atoms with Crippen molar-refractivity contribution in [3.05, 3.63) is 36.5 Å². The van der Waals surface area contributed by atoms with E-state index in [9.17, 15) is 29.7 Å². The van der Waals surface area contributed by atoms with Crippen molar-refractivity contribution in [2.45, 2.75) is 296 Å². The highest BCUT2D eigenvalue weighted by Gasteiger charge is 2.19. The van der Waals surface area contributed by atoms with Crippen molar-refractivity contribution >= 4 is 17.9 Å². The maximum atomic E-state index is 12.8. The number of unbranched alkanes of at least 4 members (excludes halogenated alkanes) is 24. The Morgan fingerprint density at radius 3 is 0.879 bits per heavy atom. The van der Waals surface area contributed by atoms with Gasteiger partial charge >= 0.3 is 17.9 Å². The van der Waals surface area contributed by atoms with Crippen molar-refractivity contribution in [1.29, 1.82) is 0 Å². The van der Waals surface area contributed by atoms with Crippen LogP contribution in [0.2, 0.25) is 0 Å². The first-order valence-corrected chi connectivity index (χ1v) is 27.7. The van der Waals surface area contributed by atoms with Crippen LogP contribution >= 0.6 is 0 Å². The van der Waals surface area contributed by atoms with Crippen LogP contribution in [-0.4, -0.2) is 70.9 Å². The summed E-state index contributed by atoms with van der Waals surface area (Å²) in [4.78, 5) is 38.1. The second kappa shape index (κ2) is 50.4. The molecule has 0 aliphatic rings. The topological polar surface area (TPSA) is 140 Å². The van der Waals surface area contributed by atoms with Crippen LogP contribution in [0.15, 0.2) is 36.5 Å².